The van der Waals surface area contributed by atoms with E-state index >= 15 is 0 Å². The fraction of sp³-hybridized carbons (Fsp3) is 0.263. The summed E-state index contributed by atoms with van der Waals surface area (Å²) in [5.41, 5.74) is 1.08. The highest BCUT2D eigenvalue weighted by Crippen LogP contribution is 2.33. The maximum Gasteiger partial charge on any atom is 0.246 e. The second kappa shape index (κ2) is 6.61. The van der Waals surface area contributed by atoms with E-state index in [-0.39, 0.29) is 5.91 Å². The molecule has 24 heavy (non-hydrogen) atoms. The minimum Gasteiger partial charge on any atom is -0.465 e. The third-order valence-corrected chi connectivity index (χ3v) is 5.60. The fourth-order valence-electron chi connectivity index (χ4n) is 3.06. The Kier molecular flexibility index (Phi) is 4.17. The number of nitrogens with zero attached hydrogens (tertiary/aromatic N) is 2. The van der Waals surface area contributed by atoms with E-state index in [0.717, 1.165) is 31.4 Å². The molecule has 4 nitrogen and oxygen atoms in total. The highest BCUT2D eigenvalue weighted by Gasteiger charge is 2.25. The smallest absolute Gasteiger partial charge is 0.246 e. The molecule has 0 N–H and O–H groups in total. The molecule has 0 atom stereocenters. The molecule has 0 bridgehead atoms. The molecule has 4 rings (SSSR count). The lowest BCUT2D eigenvalue weighted by molar-refractivity contribution is -0.126. The van der Waals surface area contributed by atoms with Crippen molar-refractivity contribution in [2.24, 2.45) is 0 Å². The normalized spacial score (nSPS) is 16.2. The molecular formula is C19H18N2O2S. The van der Waals surface area contributed by atoms with Crippen molar-refractivity contribution in [1.82, 2.24) is 9.88 Å². The zero-order chi connectivity index (χ0) is 16.4. The summed E-state index contributed by atoms with van der Waals surface area (Å²) >= 11 is 1.78. The molecule has 3 heterocycles. The Labute approximate surface area is 144 Å². The molecule has 5 heteroatoms. The Morgan fingerprint density at radius 3 is 2.79 bits per heavy atom. The molecule has 0 radical (unpaired) electrons. The summed E-state index contributed by atoms with van der Waals surface area (Å²) in [6, 6.07) is 11.9. The number of rotatable bonds is 3. The molecule has 0 aliphatic carbocycles. The SMILES string of the molecule is O=C(/C=C/c1ccco1)N1CCC(c2nc3ccccc3s2)CC1. The van der Waals surface area contributed by atoms with Crippen LogP contribution in [-0.2, 0) is 4.79 Å². The summed E-state index contributed by atoms with van der Waals surface area (Å²) in [4.78, 5) is 18.9. The van der Waals surface area contributed by atoms with Crippen molar-refractivity contribution in [3.63, 3.8) is 0 Å². The Balaban J connectivity index is 1.38. The molecular weight excluding hydrogens is 320 g/mol. The van der Waals surface area contributed by atoms with Gasteiger partial charge in [-0.05, 0) is 43.2 Å². The maximum absolute atomic E-state index is 12.3. The third kappa shape index (κ3) is 3.12. The van der Waals surface area contributed by atoms with Gasteiger partial charge in [0, 0.05) is 25.1 Å². The van der Waals surface area contributed by atoms with Gasteiger partial charge in [-0.15, -0.1) is 11.3 Å². The average Bonchev–Trinajstić information content (AvgIpc) is 3.29. The minimum absolute atomic E-state index is 0.0501. The van der Waals surface area contributed by atoms with Crippen LogP contribution in [0.4, 0.5) is 0 Å². The summed E-state index contributed by atoms with van der Waals surface area (Å²) in [5.74, 6) is 1.21. The van der Waals surface area contributed by atoms with E-state index in [2.05, 4.69) is 18.2 Å². The van der Waals surface area contributed by atoms with Crippen molar-refractivity contribution in [2.45, 2.75) is 18.8 Å². The van der Waals surface area contributed by atoms with Crippen LogP contribution in [-0.4, -0.2) is 28.9 Å². The number of para-hydroxylation sites is 1. The van der Waals surface area contributed by atoms with Crippen LogP contribution in [0, 0.1) is 0 Å². The number of hydrogen-bond acceptors (Lipinski definition) is 4. The Morgan fingerprint density at radius 2 is 2.04 bits per heavy atom. The Bertz CT molecular complexity index is 826. The summed E-state index contributed by atoms with van der Waals surface area (Å²) in [6.07, 6.45) is 6.87. The molecule has 0 saturated carbocycles. The van der Waals surface area contributed by atoms with E-state index in [1.54, 1.807) is 29.8 Å². The lowest BCUT2D eigenvalue weighted by Gasteiger charge is -2.30. The molecule has 1 aliphatic rings. The monoisotopic (exact) mass is 338 g/mol. The van der Waals surface area contributed by atoms with Gasteiger partial charge < -0.3 is 9.32 Å². The van der Waals surface area contributed by atoms with Crippen molar-refractivity contribution < 1.29 is 9.21 Å². The van der Waals surface area contributed by atoms with E-state index in [1.807, 2.05) is 23.1 Å². The topological polar surface area (TPSA) is 46.3 Å². The number of fused-ring (bicyclic) bond motifs is 1. The van der Waals surface area contributed by atoms with Gasteiger partial charge in [0.2, 0.25) is 5.91 Å². The number of amides is 1. The predicted molar refractivity (Wildman–Crippen MR) is 95.9 cm³/mol. The Morgan fingerprint density at radius 1 is 1.21 bits per heavy atom. The van der Waals surface area contributed by atoms with Crippen molar-refractivity contribution in [2.75, 3.05) is 13.1 Å². The van der Waals surface area contributed by atoms with E-state index in [4.69, 9.17) is 9.40 Å². The van der Waals surface area contributed by atoms with Gasteiger partial charge in [-0.1, -0.05) is 12.1 Å². The largest absolute Gasteiger partial charge is 0.465 e. The number of benzene rings is 1. The molecule has 1 aromatic carbocycles. The van der Waals surface area contributed by atoms with Gasteiger partial charge in [-0.25, -0.2) is 4.98 Å². The van der Waals surface area contributed by atoms with Gasteiger partial charge in [0.25, 0.3) is 0 Å². The van der Waals surface area contributed by atoms with Crippen LogP contribution < -0.4 is 0 Å². The highest BCUT2D eigenvalue weighted by molar-refractivity contribution is 7.18. The fourth-order valence-corrected chi connectivity index (χ4v) is 4.19. The first kappa shape index (κ1) is 15.1. The van der Waals surface area contributed by atoms with Crippen molar-refractivity contribution in [3.8, 4) is 0 Å². The summed E-state index contributed by atoms with van der Waals surface area (Å²) < 4.78 is 6.45. The first-order chi connectivity index (χ1) is 11.8. The molecule has 1 aliphatic heterocycles. The second-order valence-electron chi connectivity index (χ2n) is 5.97. The molecule has 2 aromatic heterocycles. The van der Waals surface area contributed by atoms with Gasteiger partial charge in [-0.2, -0.15) is 0 Å². The van der Waals surface area contributed by atoms with E-state index in [1.165, 1.54) is 9.71 Å². The highest BCUT2D eigenvalue weighted by atomic mass is 32.1. The maximum atomic E-state index is 12.3. The second-order valence-corrected chi connectivity index (χ2v) is 7.03. The molecule has 3 aromatic rings. The molecule has 1 saturated heterocycles. The number of likely N-dealkylation sites (tertiary alicyclic amines) is 1. The lowest BCUT2D eigenvalue weighted by atomic mass is 9.97. The van der Waals surface area contributed by atoms with Crippen LogP contribution in [0.15, 0.2) is 53.2 Å². The van der Waals surface area contributed by atoms with E-state index in [0.29, 0.717) is 11.7 Å². The molecule has 1 amide bonds. The van der Waals surface area contributed by atoms with Crippen molar-refractivity contribution in [3.05, 3.63) is 59.5 Å². The number of aromatic nitrogens is 1. The van der Waals surface area contributed by atoms with Crippen LogP contribution in [0.2, 0.25) is 0 Å². The minimum atomic E-state index is 0.0501. The van der Waals surface area contributed by atoms with Crippen LogP contribution >= 0.6 is 11.3 Å². The molecule has 0 spiro atoms. The van der Waals surface area contributed by atoms with E-state index < -0.39 is 0 Å². The van der Waals surface area contributed by atoms with Gasteiger partial charge in [-0.3, -0.25) is 4.79 Å². The quantitative estimate of drug-likeness (QED) is 0.669. The van der Waals surface area contributed by atoms with E-state index in [9.17, 15) is 4.79 Å². The van der Waals surface area contributed by atoms with Crippen molar-refractivity contribution >= 4 is 33.5 Å². The summed E-state index contributed by atoms with van der Waals surface area (Å²) in [5, 5.41) is 1.20. The zero-order valence-electron chi connectivity index (χ0n) is 13.2. The summed E-state index contributed by atoms with van der Waals surface area (Å²) in [7, 11) is 0. The van der Waals surface area contributed by atoms with Gasteiger partial charge in [0.15, 0.2) is 0 Å². The van der Waals surface area contributed by atoms with Crippen LogP contribution in [0.1, 0.15) is 29.5 Å². The first-order valence-electron chi connectivity index (χ1n) is 8.15. The third-order valence-electron chi connectivity index (χ3n) is 4.40. The number of carbonyl (C=O) groups excluding carboxylic acids is 1. The van der Waals surface area contributed by atoms with Gasteiger partial charge >= 0.3 is 0 Å². The van der Waals surface area contributed by atoms with Gasteiger partial charge in [0.05, 0.1) is 21.5 Å². The number of furan rings is 1. The first-order valence-corrected chi connectivity index (χ1v) is 8.97. The Hall–Kier alpha value is -2.40. The predicted octanol–water partition coefficient (Wildman–Crippen LogP) is 4.31. The average molecular weight is 338 g/mol. The van der Waals surface area contributed by atoms with Crippen LogP contribution in [0.5, 0.6) is 0 Å². The molecule has 1 fully saturated rings. The van der Waals surface area contributed by atoms with Gasteiger partial charge in [0.1, 0.15) is 5.76 Å². The number of thiazole rings is 1. The van der Waals surface area contributed by atoms with Crippen molar-refractivity contribution in [1.29, 1.82) is 0 Å². The number of carbonyl (C=O) groups is 1. The van der Waals surface area contributed by atoms with Crippen LogP contribution in [0.3, 0.4) is 0 Å². The number of hydrogen-bond donors (Lipinski definition) is 0. The van der Waals surface area contributed by atoms with Crippen LogP contribution in [0.25, 0.3) is 16.3 Å². The summed E-state index contributed by atoms with van der Waals surface area (Å²) in [6.45, 7) is 1.56. The standard InChI is InChI=1S/C19H18N2O2S/c22-18(8-7-15-4-3-13-23-15)21-11-9-14(10-12-21)19-20-16-5-1-2-6-17(16)24-19/h1-8,13-14H,9-12H2/b8-7+. The lowest BCUT2D eigenvalue weighted by Crippen LogP contribution is -2.36. The molecule has 0 unspecified atom stereocenters. The molecule has 122 valence electrons. The zero-order valence-corrected chi connectivity index (χ0v) is 14.0. The number of piperidine rings is 1.